The number of carbonyl (C=O) groups is 7. The number of rotatable bonds is 14. The van der Waals surface area contributed by atoms with E-state index in [1.165, 1.54) is 18.7 Å². The van der Waals surface area contributed by atoms with Gasteiger partial charge in [-0.25, -0.2) is 0 Å². The maximum atomic E-state index is 13.7. The molecule has 1 fully saturated rings. The predicted molar refractivity (Wildman–Crippen MR) is 183 cm³/mol. The van der Waals surface area contributed by atoms with Gasteiger partial charge in [-0.15, -0.1) is 0 Å². The molecule has 0 aromatic heterocycles. The highest BCUT2D eigenvalue weighted by atomic mass is 127. The topological polar surface area (TPSA) is 213 Å². The van der Waals surface area contributed by atoms with Crippen LogP contribution in [0.15, 0.2) is 0 Å². The molecule has 1 aliphatic rings. The van der Waals surface area contributed by atoms with Crippen LogP contribution in [0.2, 0.25) is 0 Å². The van der Waals surface area contributed by atoms with Crippen molar-refractivity contribution in [3.63, 3.8) is 0 Å². The number of benzene rings is 1. The van der Waals surface area contributed by atoms with Crippen LogP contribution in [0.25, 0.3) is 0 Å². The van der Waals surface area contributed by atoms with E-state index in [1.807, 2.05) is 67.8 Å². The quantitative estimate of drug-likeness (QED) is 0.133. The SMILES string of the molecule is CC(=O)OCC(CNC(=O)c1c(I)c(C(=O)NCC(COC(C)=O)OC(C)=O)c(I)c(N2C(=O)COCC2CO)c1I)OC(C)=O. The summed E-state index contributed by atoms with van der Waals surface area (Å²) in [4.78, 5) is 87.6. The second kappa shape index (κ2) is 18.8. The Kier molecular flexibility index (Phi) is 16.3. The zero-order chi connectivity index (χ0) is 34.7. The monoisotopic (exact) mass is 987 g/mol. The Morgan fingerprint density at radius 1 is 0.804 bits per heavy atom. The maximum Gasteiger partial charge on any atom is 0.303 e. The summed E-state index contributed by atoms with van der Waals surface area (Å²) in [6.45, 7) is 2.66. The fraction of sp³-hybridized carbons (Fsp3) is 0.519. The van der Waals surface area contributed by atoms with Gasteiger partial charge in [-0.3, -0.25) is 33.6 Å². The fourth-order valence-corrected chi connectivity index (χ4v) is 8.75. The van der Waals surface area contributed by atoms with Gasteiger partial charge in [0.15, 0.2) is 12.2 Å². The average molecular weight is 987 g/mol. The summed E-state index contributed by atoms with van der Waals surface area (Å²) in [6.07, 6.45) is -2.05. The molecule has 1 aliphatic heterocycles. The van der Waals surface area contributed by atoms with Gasteiger partial charge in [0.1, 0.15) is 19.8 Å². The van der Waals surface area contributed by atoms with E-state index in [0.29, 0.717) is 0 Å². The second-order valence-corrected chi connectivity index (χ2v) is 12.9. The summed E-state index contributed by atoms with van der Waals surface area (Å²) in [5, 5.41) is 15.3. The van der Waals surface area contributed by atoms with E-state index >= 15 is 0 Å². The molecule has 3 unspecified atom stereocenters. The minimum Gasteiger partial charge on any atom is -0.462 e. The number of anilines is 1. The number of esters is 4. The summed E-state index contributed by atoms with van der Waals surface area (Å²) >= 11 is 5.56. The molecular weight excluding hydrogens is 955 g/mol. The van der Waals surface area contributed by atoms with Gasteiger partial charge in [0.05, 0.1) is 56.3 Å². The highest BCUT2D eigenvalue weighted by Crippen LogP contribution is 2.39. The van der Waals surface area contributed by atoms with Gasteiger partial charge in [-0.1, -0.05) is 0 Å². The van der Waals surface area contributed by atoms with E-state index in [4.69, 9.17) is 23.7 Å². The van der Waals surface area contributed by atoms with E-state index in [9.17, 15) is 38.7 Å². The molecule has 0 bridgehead atoms. The molecule has 1 saturated heterocycles. The first kappa shape index (κ1) is 39.8. The maximum absolute atomic E-state index is 13.7. The molecule has 0 aliphatic carbocycles. The molecule has 46 heavy (non-hydrogen) atoms. The fourth-order valence-electron chi connectivity index (χ4n) is 4.08. The number of aliphatic hydroxyl groups is 1. The van der Waals surface area contributed by atoms with E-state index in [1.54, 1.807) is 0 Å². The minimum absolute atomic E-state index is 0.0100. The molecule has 19 heteroatoms. The van der Waals surface area contributed by atoms with Gasteiger partial charge in [0.25, 0.3) is 17.7 Å². The first-order valence-corrected chi connectivity index (χ1v) is 16.7. The molecule has 3 atom stereocenters. The smallest absolute Gasteiger partial charge is 0.303 e. The van der Waals surface area contributed by atoms with Gasteiger partial charge in [0, 0.05) is 31.3 Å². The Labute approximate surface area is 304 Å². The first-order chi connectivity index (χ1) is 21.6. The number of ether oxygens (including phenoxy) is 5. The summed E-state index contributed by atoms with van der Waals surface area (Å²) in [5.41, 5.74) is 0.156. The standard InChI is InChI=1S/C27H32I3N3O13/c1-12(35)43-9-17(45-14(3)37)5-31-26(40)20-22(28)21(27(41)32-6-18(46-15(4)38)10-44-13(2)36)24(30)25(23(20)29)33-16(7-34)8-42-11-19(33)39/h16-18,34H,5-11H2,1-4H3,(H,31,40)(H,32,41). The number of hydrogen-bond donors (Lipinski definition) is 3. The lowest BCUT2D eigenvalue weighted by molar-refractivity contribution is -0.155. The van der Waals surface area contributed by atoms with Crippen molar-refractivity contribution in [3.8, 4) is 0 Å². The van der Waals surface area contributed by atoms with Crippen molar-refractivity contribution in [3.05, 3.63) is 21.8 Å². The Morgan fingerprint density at radius 3 is 1.61 bits per heavy atom. The van der Waals surface area contributed by atoms with Crippen LogP contribution in [0.3, 0.4) is 0 Å². The number of hydrogen-bond acceptors (Lipinski definition) is 13. The van der Waals surface area contributed by atoms with Gasteiger partial charge >= 0.3 is 23.9 Å². The summed E-state index contributed by atoms with van der Waals surface area (Å²) < 4.78 is 26.2. The lowest BCUT2D eigenvalue weighted by atomic mass is 10.0. The van der Waals surface area contributed by atoms with Crippen molar-refractivity contribution in [2.75, 3.05) is 51.0 Å². The zero-order valence-corrected chi connectivity index (χ0v) is 31.6. The minimum atomic E-state index is -1.03. The molecule has 254 valence electrons. The summed E-state index contributed by atoms with van der Waals surface area (Å²) in [6, 6.07) is -0.829. The lowest BCUT2D eigenvalue weighted by Crippen LogP contribution is -2.52. The van der Waals surface area contributed by atoms with Gasteiger partial charge in [-0.05, 0) is 67.8 Å². The normalized spacial score (nSPS) is 15.7. The Bertz CT molecular complexity index is 1290. The molecule has 3 amide bonds. The van der Waals surface area contributed by atoms with Crippen molar-refractivity contribution in [1.82, 2.24) is 10.6 Å². The third-order valence-electron chi connectivity index (χ3n) is 5.96. The van der Waals surface area contributed by atoms with Crippen LogP contribution in [0.4, 0.5) is 5.69 Å². The van der Waals surface area contributed by atoms with Gasteiger partial charge in [-0.2, -0.15) is 0 Å². The third-order valence-corrected chi connectivity index (χ3v) is 9.14. The Morgan fingerprint density at radius 2 is 1.24 bits per heavy atom. The van der Waals surface area contributed by atoms with Crippen LogP contribution >= 0.6 is 67.8 Å². The number of morpholine rings is 1. The van der Waals surface area contributed by atoms with E-state index in [0.717, 1.165) is 13.8 Å². The highest BCUT2D eigenvalue weighted by molar-refractivity contribution is 14.1. The van der Waals surface area contributed by atoms with Gasteiger partial charge < -0.3 is 44.3 Å². The molecule has 16 nitrogen and oxygen atoms in total. The van der Waals surface area contributed by atoms with Crippen molar-refractivity contribution in [2.45, 2.75) is 45.9 Å². The summed E-state index contributed by atoms with van der Waals surface area (Å²) in [7, 11) is 0. The van der Waals surface area contributed by atoms with Crippen LogP contribution in [0.1, 0.15) is 48.4 Å². The number of nitrogens with zero attached hydrogens (tertiary/aromatic N) is 1. The van der Waals surface area contributed by atoms with Crippen LogP contribution in [0, 0.1) is 10.7 Å². The molecule has 1 heterocycles. The molecule has 1 aromatic rings. The Balaban J connectivity index is 2.59. The molecular formula is C27H32I3N3O13. The number of nitrogens with one attached hydrogen (secondary N) is 2. The van der Waals surface area contributed by atoms with Crippen molar-refractivity contribution in [1.29, 1.82) is 0 Å². The number of halogens is 3. The van der Waals surface area contributed by atoms with Crippen molar-refractivity contribution < 1.29 is 62.4 Å². The van der Waals surface area contributed by atoms with Crippen LogP contribution < -0.4 is 15.5 Å². The largest absolute Gasteiger partial charge is 0.462 e. The molecule has 0 spiro atoms. The Hall–Kier alpha value is -2.38. The lowest BCUT2D eigenvalue weighted by Gasteiger charge is -2.36. The van der Waals surface area contributed by atoms with Crippen molar-refractivity contribution >= 4 is 115 Å². The number of carbonyl (C=O) groups excluding carboxylic acids is 7. The van der Waals surface area contributed by atoms with E-state index in [2.05, 4.69) is 10.6 Å². The van der Waals surface area contributed by atoms with Gasteiger partial charge in [0.2, 0.25) is 0 Å². The third kappa shape index (κ3) is 11.4. The molecule has 2 rings (SSSR count). The van der Waals surface area contributed by atoms with E-state index in [-0.39, 0.29) is 67.0 Å². The van der Waals surface area contributed by atoms with Crippen LogP contribution in [-0.4, -0.2) is 111 Å². The predicted octanol–water partition coefficient (Wildman–Crippen LogP) is 0.674. The van der Waals surface area contributed by atoms with Crippen LogP contribution in [0.5, 0.6) is 0 Å². The molecule has 0 radical (unpaired) electrons. The molecule has 0 saturated carbocycles. The average Bonchev–Trinajstić information content (AvgIpc) is 2.96. The van der Waals surface area contributed by atoms with Crippen molar-refractivity contribution in [2.24, 2.45) is 0 Å². The summed E-state index contributed by atoms with van der Waals surface area (Å²) in [5.74, 6) is -4.54. The first-order valence-electron chi connectivity index (χ1n) is 13.5. The van der Waals surface area contributed by atoms with E-state index < -0.39 is 66.5 Å². The zero-order valence-electron chi connectivity index (χ0n) is 25.1. The van der Waals surface area contributed by atoms with Crippen LogP contribution in [-0.2, 0) is 47.7 Å². The molecule has 1 aromatic carbocycles. The molecule has 3 N–H and O–H groups in total. The highest BCUT2D eigenvalue weighted by Gasteiger charge is 2.37. The second-order valence-electron chi connectivity index (χ2n) is 9.64. The number of amides is 3. The number of aliphatic hydroxyl groups excluding tert-OH is 1.